The molecule has 0 aliphatic carbocycles. The molecule has 6 nitrogen and oxygen atoms in total. The summed E-state index contributed by atoms with van der Waals surface area (Å²) >= 11 is 0. The van der Waals surface area contributed by atoms with Crippen molar-refractivity contribution in [2.45, 2.75) is 19.6 Å². The maximum Gasteiger partial charge on any atom is 0.319 e. The van der Waals surface area contributed by atoms with Crippen molar-refractivity contribution in [3.8, 4) is 0 Å². The molecule has 0 aliphatic rings. The lowest BCUT2D eigenvalue weighted by Crippen LogP contribution is -2.43. The fourth-order valence-corrected chi connectivity index (χ4v) is 1.95. The van der Waals surface area contributed by atoms with E-state index in [-0.39, 0.29) is 12.5 Å². The molecule has 0 saturated heterocycles. The molecule has 3 amide bonds. The lowest BCUT2D eigenvalue weighted by atomic mass is 10.2. The first-order valence-electron chi connectivity index (χ1n) is 7.21. The Morgan fingerprint density at radius 3 is 2.39 bits per heavy atom. The number of hydrogen-bond acceptors (Lipinski definition) is 3. The number of nitrogens with one attached hydrogen (secondary N) is 3. The highest BCUT2D eigenvalue weighted by Crippen LogP contribution is 2.11. The molecule has 0 unspecified atom stereocenters. The number of benzene rings is 2. The minimum Gasteiger partial charge on any atom is -0.392 e. The van der Waals surface area contributed by atoms with Gasteiger partial charge >= 0.3 is 6.03 Å². The van der Waals surface area contributed by atoms with Gasteiger partial charge in [0.1, 0.15) is 6.04 Å². The van der Waals surface area contributed by atoms with Gasteiger partial charge in [0, 0.05) is 11.4 Å². The first-order chi connectivity index (χ1) is 11.1. The predicted octanol–water partition coefficient (Wildman–Crippen LogP) is 2.33. The Balaban J connectivity index is 1.88. The summed E-state index contributed by atoms with van der Waals surface area (Å²) in [4.78, 5) is 23.9. The molecule has 4 N–H and O–H groups in total. The van der Waals surface area contributed by atoms with Crippen molar-refractivity contribution in [2.24, 2.45) is 0 Å². The Morgan fingerprint density at radius 2 is 1.70 bits per heavy atom. The fraction of sp³-hybridized carbons (Fsp3) is 0.176. The van der Waals surface area contributed by atoms with E-state index in [1.165, 1.54) is 0 Å². The van der Waals surface area contributed by atoms with E-state index < -0.39 is 12.1 Å². The van der Waals surface area contributed by atoms with Crippen molar-refractivity contribution < 1.29 is 14.7 Å². The Bertz CT molecular complexity index is 674. The van der Waals surface area contributed by atoms with E-state index in [0.29, 0.717) is 16.9 Å². The summed E-state index contributed by atoms with van der Waals surface area (Å²) in [6.45, 7) is 1.49. The summed E-state index contributed by atoms with van der Waals surface area (Å²) in [7, 11) is 0. The van der Waals surface area contributed by atoms with Gasteiger partial charge in [0.2, 0.25) is 5.91 Å². The lowest BCUT2D eigenvalue weighted by Gasteiger charge is -2.15. The number of aliphatic hydroxyl groups excluding tert-OH is 1. The maximum atomic E-state index is 12.1. The molecule has 23 heavy (non-hydrogen) atoms. The van der Waals surface area contributed by atoms with Crippen molar-refractivity contribution in [1.82, 2.24) is 5.32 Å². The van der Waals surface area contributed by atoms with Crippen LogP contribution in [0.5, 0.6) is 0 Å². The Labute approximate surface area is 134 Å². The highest BCUT2D eigenvalue weighted by molar-refractivity contribution is 5.98. The maximum absolute atomic E-state index is 12.1. The van der Waals surface area contributed by atoms with Crippen LogP contribution in [0.3, 0.4) is 0 Å². The molecule has 2 rings (SSSR count). The van der Waals surface area contributed by atoms with Crippen molar-refractivity contribution in [3.63, 3.8) is 0 Å². The van der Waals surface area contributed by atoms with Gasteiger partial charge in [0.25, 0.3) is 0 Å². The lowest BCUT2D eigenvalue weighted by molar-refractivity contribution is -0.117. The number of rotatable bonds is 5. The summed E-state index contributed by atoms with van der Waals surface area (Å²) in [5.41, 5.74) is 1.91. The van der Waals surface area contributed by atoms with Gasteiger partial charge in [-0.1, -0.05) is 30.3 Å². The fourth-order valence-electron chi connectivity index (χ4n) is 1.95. The van der Waals surface area contributed by atoms with Gasteiger partial charge in [-0.25, -0.2) is 4.79 Å². The second-order valence-electron chi connectivity index (χ2n) is 5.03. The molecule has 0 aromatic heterocycles. The van der Waals surface area contributed by atoms with Gasteiger partial charge in [-0.15, -0.1) is 0 Å². The van der Waals surface area contributed by atoms with Crippen LogP contribution < -0.4 is 16.0 Å². The molecule has 0 fully saturated rings. The van der Waals surface area contributed by atoms with Gasteiger partial charge in [0.05, 0.1) is 6.61 Å². The molecule has 0 heterocycles. The van der Waals surface area contributed by atoms with Crippen molar-refractivity contribution in [1.29, 1.82) is 0 Å². The number of carbonyl (C=O) groups excluding carboxylic acids is 2. The Morgan fingerprint density at radius 1 is 1.00 bits per heavy atom. The number of hydrogen-bond donors (Lipinski definition) is 4. The highest BCUT2D eigenvalue weighted by Gasteiger charge is 2.15. The largest absolute Gasteiger partial charge is 0.392 e. The minimum atomic E-state index is -0.712. The number of urea groups is 1. The monoisotopic (exact) mass is 313 g/mol. The van der Waals surface area contributed by atoms with E-state index >= 15 is 0 Å². The molecule has 120 valence electrons. The zero-order valence-corrected chi connectivity index (χ0v) is 12.7. The molecule has 0 radical (unpaired) electrons. The first-order valence-corrected chi connectivity index (χ1v) is 7.21. The van der Waals surface area contributed by atoms with Gasteiger partial charge in [-0.3, -0.25) is 4.79 Å². The summed E-state index contributed by atoms with van der Waals surface area (Å²) < 4.78 is 0. The summed E-state index contributed by atoms with van der Waals surface area (Å²) in [5.74, 6) is -0.344. The molecule has 6 heteroatoms. The minimum absolute atomic E-state index is 0.100. The van der Waals surface area contributed by atoms with E-state index in [0.717, 1.165) is 0 Å². The SMILES string of the molecule is C[C@@H](NC(=O)Nc1ccccc1)C(=O)Nc1cccc(CO)c1. The average Bonchev–Trinajstić information content (AvgIpc) is 2.55. The number of amides is 3. The molecule has 0 saturated carbocycles. The van der Waals surface area contributed by atoms with Crippen LogP contribution in [0, 0.1) is 0 Å². The topological polar surface area (TPSA) is 90.5 Å². The molecular weight excluding hydrogens is 294 g/mol. The molecule has 0 spiro atoms. The predicted molar refractivity (Wildman–Crippen MR) is 89.1 cm³/mol. The van der Waals surface area contributed by atoms with Gasteiger partial charge in [-0.2, -0.15) is 0 Å². The summed E-state index contributed by atoms with van der Waals surface area (Å²) in [6, 6.07) is 14.7. The van der Waals surface area contributed by atoms with E-state index in [1.807, 2.05) is 6.07 Å². The molecule has 0 aliphatic heterocycles. The highest BCUT2D eigenvalue weighted by atomic mass is 16.3. The van der Waals surface area contributed by atoms with Crippen LogP contribution in [0.15, 0.2) is 54.6 Å². The number of anilines is 2. The van der Waals surface area contributed by atoms with Crippen LogP contribution in [-0.2, 0) is 11.4 Å². The Kier molecular flexibility index (Phi) is 5.71. The smallest absolute Gasteiger partial charge is 0.319 e. The first kappa shape index (κ1) is 16.5. The second-order valence-corrected chi connectivity index (χ2v) is 5.03. The second kappa shape index (κ2) is 7.95. The van der Waals surface area contributed by atoms with Crippen LogP contribution in [0.2, 0.25) is 0 Å². The van der Waals surface area contributed by atoms with Gasteiger partial charge < -0.3 is 21.1 Å². The normalized spacial score (nSPS) is 11.4. The summed E-state index contributed by atoms with van der Waals surface area (Å²) in [5, 5.41) is 17.0. The summed E-state index contributed by atoms with van der Waals surface area (Å²) in [6.07, 6.45) is 0. The van der Waals surface area contributed by atoms with Crippen LogP contribution in [0.25, 0.3) is 0 Å². The van der Waals surface area contributed by atoms with Crippen molar-refractivity contribution in [2.75, 3.05) is 10.6 Å². The Hall–Kier alpha value is -2.86. The van der Waals surface area contributed by atoms with Crippen molar-refractivity contribution >= 4 is 23.3 Å². The van der Waals surface area contributed by atoms with Crippen LogP contribution in [0.1, 0.15) is 12.5 Å². The van der Waals surface area contributed by atoms with E-state index in [9.17, 15) is 9.59 Å². The third kappa shape index (κ3) is 5.12. The van der Waals surface area contributed by atoms with Crippen LogP contribution >= 0.6 is 0 Å². The van der Waals surface area contributed by atoms with Crippen molar-refractivity contribution in [3.05, 3.63) is 60.2 Å². The number of carbonyl (C=O) groups is 2. The molecule has 2 aromatic rings. The van der Waals surface area contributed by atoms with E-state index in [2.05, 4.69) is 16.0 Å². The molecule has 0 bridgehead atoms. The van der Waals surface area contributed by atoms with Gasteiger partial charge in [-0.05, 0) is 36.8 Å². The number of para-hydroxylation sites is 1. The number of aliphatic hydroxyl groups is 1. The molecule has 1 atom stereocenters. The van der Waals surface area contributed by atoms with Crippen LogP contribution in [0.4, 0.5) is 16.2 Å². The molecular formula is C17H19N3O3. The van der Waals surface area contributed by atoms with E-state index in [4.69, 9.17) is 5.11 Å². The molecule has 2 aromatic carbocycles. The zero-order valence-electron chi connectivity index (χ0n) is 12.7. The third-order valence-corrected chi connectivity index (χ3v) is 3.15. The van der Waals surface area contributed by atoms with Gasteiger partial charge in [0.15, 0.2) is 0 Å². The third-order valence-electron chi connectivity index (χ3n) is 3.15. The average molecular weight is 313 g/mol. The van der Waals surface area contributed by atoms with Crippen LogP contribution in [-0.4, -0.2) is 23.1 Å². The van der Waals surface area contributed by atoms with E-state index in [1.54, 1.807) is 55.5 Å². The standard InChI is InChI=1S/C17H19N3O3/c1-12(18-17(23)20-14-7-3-2-4-8-14)16(22)19-15-9-5-6-13(10-15)11-21/h2-10,12,21H,11H2,1H3,(H,19,22)(H2,18,20,23)/t12-/m1/s1. The zero-order chi connectivity index (χ0) is 16.7. The quantitative estimate of drug-likeness (QED) is 0.683.